The molecule has 1 aliphatic carbocycles. The van der Waals surface area contributed by atoms with Crippen LogP contribution < -0.4 is 0 Å². The van der Waals surface area contributed by atoms with E-state index in [4.69, 9.17) is 0 Å². The summed E-state index contributed by atoms with van der Waals surface area (Å²) in [5.41, 5.74) is 0. The van der Waals surface area contributed by atoms with Gasteiger partial charge in [-0.1, -0.05) is 25.7 Å². The molecule has 0 atom stereocenters. The van der Waals surface area contributed by atoms with Crippen molar-refractivity contribution in [1.29, 1.82) is 0 Å². The van der Waals surface area contributed by atoms with Crippen LogP contribution in [0.5, 0.6) is 0 Å². The summed E-state index contributed by atoms with van der Waals surface area (Å²) in [6.45, 7) is 1.93. The van der Waals surface area contributed by atoms with Crippen molar-refractivity contribution < 1.29 is 0 Å². The summed E-state index contributed by atoms with van der Waals surface area (Å²) in [5, 5.41) is 0. The zero-order valence-electron chi connectivity index (χ0n) is 6.82. The second-order valence-electron chi connectivity index (χ2n) is 3.12. The fraction of sp³-hybridized carbons (Fsp3) is 0.800. The Labute approximate surface area is 64.0 Å². The lowest BCUT2D eigenvalue weighted by molar-refractivity contribution is 0.512. The van der Waals surface area contributed by atoms with Crippen LogP contribution in [0.25, 0.3) is 0 Å². The number of rotatable bonds is 2. The normalized spacial score (nSPS) is 18.5. The Morgan fingerprint density at radius 1 is 1.30 bits per heavy atom. The molecule has 1 saturated carbocycles. The second kappa shape index (κ2) is 4.39. The molecule has 1 rings (SSSR count). The van der Waals surface area contributed by atoms with Gasteiger partial charge in [0.05, 0.1) is 0 Å². The predicted molar refractivity (Wildman–Crippen MR) is 44.6 cm³/mol. The molecule has 0 heterocycles. The maximum atomic E-state index is 3.13. The van der Waals surface area contributed by atoms with E-state index in [1.54, 1.807) is 0 Å². The van der Waals surface area contributed by atoms with Crippen LogP contribution in [0.2, 0.25) is 0 Å². The molecule has 0 N–H and O–H groups in total. The molecule has 0 radical (unpaired) electrons. The summed E-state index contributed by atoms with van der Waals surface area (Å²) in [6.07, 6.45) is 8.33. The predicted octanol–water partition coefficient (Wildman–Crippen LogP) is 2.98. The lowest BCUT2D eigenvalue weighted by Crippen LogP contribution is -1.90. The van der Waals surface area contributed by atoms with Gasteiger partial charge in [-0.25, -0.2) is 0 Å². The van der Waals surface area contributed by atoms with Crippen molar-refractivity contribution in [2.24, 2.45) is 5.92 Å². The fourth-order valence-corrected chi connectivity index (χ4v) is 1.70. The van der Waals surface area contributed by atoms with Crippen LogP contribution in [0.15, 0.2) is 0 Å². The smallest absolute Gasteiger partial charge is 0.00912 e. The van der Waals surface area contributed by atoms with E-state index < -0.39 is 0 Å². The molecule has 1 aliphatic rings. The first kappa shape index (κ1) is 7.66. The summed E-state index contributed by atoms with van der Waals surface area (Å²) in [6, 6.07) is 0. The first-order chi connectivity index (χ1) is 4.93. The van der Waals surface area contributed by atoms with E-state index in [1.165, 1.54) is 32.1 Å². The van der Waals surface area contributed by atoms with Gasteiger partial charge >= 0.3 is 0 Å². The van der Waals surface area contributed by atoms with Gasteiger partial charge in [-0.15, -0.1) is 11.8 Å². The van der Waals surface area contributed by atoms with E-state index in [-0.39, 0.29) is 0 Å². The number of hydrogen-bond acceptors (Lipinski definition) is 0. The van der Waals surface area contributed by atoms with Gasteiger partial charge in [-0.3, -0.25) is 0 Å². The van der Waals surface area contributed by atoms with Crippen molar-refractivity contribution in [3.63, 3.8) is 0 Å². The molecule has 0 amide bonds. The molecule has 0 spiro atoms. The van der Waals surface area contributed by atoms with Gasteiger partial charge in [0.15, 0.2) is 0 Å². The molecule has 0 heteroatoms. The Balaban J connectivity index is 2.05. The van der Waals surface area contributed by atoms with E-state index in [0.717, 1.165) is 12.3 Å². The van der Waals surface area contributed by atoms with Crippen molar-refractivity contribution in [3.8, 4) is 11.8 Å². The SMILES string of the molecule is CC#CCCC1CCCC1. The molecular weight excluding hydrogens is 120 g/mol. The van der Waals surface area contributed by atoms with Crippen molar-refractivity contribution in [2.45, 2.75) is 45.4 Å². The molecule has 1 fully saturated rings. The molecule has 0 aliphatic heterocycles. The van der Waals surface area contributed by atoms with Gasteiger partial charge in [0.1, 0.15) is 0 Å². The van der Waals surface area contributed by atoms with E-state index in [9.17, 15) is 0 Å². The topological polar surface area (TPSA) is 0 Å². The van der Waals surface area contributed by atoms with Crippen LogP contribution in [-0.4, -0.2) is 0 Å². The highest BCUT2D eigenvalue weighted by atomic mass is 14.2. The van der Waals surface area contributed by atoms with Gasteiger partial charge in [-0.05, 0) is 19.3 Å². The molecule has 10 heavy (non-hydrogen) atoms. The average molecular weight is 136 g/mol. The van der Waals surface area contributed by atoms with Gasteiger partial charge in [-0.2, -0.15) is 0 Å². The van der Waals surface area contributed by atoms with Gasteiger partial charge in [0.25, 0.3) is 0 Å². The molecule has 0 unspecified atom stereocenters. The zero-order valence-corrected chi connectivity index (χ0v) is 6.82. The summed E-state index contributed by atoms with van der Waals surface area (Å²) in [7, 11) is 0. The zero-order chi connectivity index (χ0) is 7.23. The summed E-state index contributed by atoms with van der Waals surface area (Å²) in [4.78, 5) is 0. The highest BCUT2D eigenvalue weighted by Gasteiger charge is 2.13. The Morgan fingerprint density at radius 2 is 2.00 bits per heavy atom. The van der Waals surface area contributed by atoms with E-state index in [1.807, 2.05) is 6.92 Å². The largest absolute Gasteiger partial charge is 0.107 e. The quantitative estimate of drug-likeness (QED) is 0.512. The Hall–Kier alpha value is -0.440. The van der Waals surface area contributed by atoms with Crippen LogP contribution in [0.1, 0.15) is 45.4 Å². The van der Waals surface area contributed by atoms with Crippen LogP contribution in [0, 0.1) is 17.8 Å². The van der Waals surface area contributed by atoms with Crippen LogP contribution in [0.4, 0.5) is 0 Å². The lowest BCUT2D eigenvalue weighted by atomic mass is 10.0. The molecule has 0 aromatic rings. The lowest BCUT2D eigenvalue weighted by Gasteiger charge is -2.03. The highest BCUT2D eigenvalue weighted by Crippen LogP contribution is 2.28. The first-order valence-electron chi connectivity index (χ1n) is 4.33. The third-order valence-corrected chi connectivity index (χ3v) is 2.33. The molecule has 0 aromatic carbocycles. The maximum Gasteiger partial charge on any atom is 0.00912 e. The minimum Gasteiger partial charge on any atom is -0.107 e. The van der Waals surface area contributed by atoms with Crippen LogP contribution in [0.3, 0.4) is 0 Å². The van der Waals surface area contributed by atoms with Crippen LogP contribution in [-0.2, 0) is 0 Å². The molecule has 0 saturated heterocycles. The minimum atomic E-state index is 1.01. The monoisotopic (exact) mass is 136 g/mol. The number of hydrogen-bond donors (Lipinski definition) is 0. The fourth-order valence-electron chi connectivity index (χ4n) is 1.70. The van der Waals surface area contributed by atoms with Gasteiger partial charge in [0.2, 0.25) is 0 Å². The average Bonchev–Trinajstić information content (AvgIpc) is 2.41. The highest BCUT2D eigenvalue weighted by molar-refractivity contribution is 4.95. The van der Waals surface area contributed by atoms with E-state index >= 15 is 0 Å². The maximum absolute atomic E-state index is 3.13. The summed E-state index contributed by atoms with van der Waals surface area (Å²) in [5.74, 6) is 7.08. The first-order valence-corrected chi connectivity index (χ1v) is 4.33. The summed E-state index contributed by atoms with van der Waals surface area (Å²) >= 11 is 0. The molecule has 0 bridgehead atoms. The molecular formula is C10H16. The third-order valence-electron chi connectivity index (χ3n) is 2.33. The molecule has 0 aromatic heterocycles. The van der Waals surface area contributed by atoms with Gasteiger partial charge in [0, 0.05) is 6.42 Å². The third kappa shape index (κ3) is 2.43. The van der Waals surface area contributed by atoms with Crippen molar-refractivity contribution in [2.75, 3.05) is 0 Å². The Bertz CT molecular complexity index is 130. The molecule has 56 valence electrons. The van der Waals surface area contributed by atoms with Crippen molar-refractivity contribution >= 4 is 0 Å². The van der Waals surface area contributed by atoms with E-state index in [2.05, 4.69) is 11.8 Å². The second-order valence-corrected chi connectivity index (χ2v) is 3.12. The van der Waals surface area contributed by atoms with Crippen molar-refractivity contribution in [3.05, 3.63) is 0 Å². The Kier molecular flexibility index (Phi) is 3.36. The Morgan fingerprint density at radius 3 is 2.60 bits per heavy atom. The van der Waals surface area contributed by atoms with E-state index in [0.29, 0.717) is 0 Å². The molecule has 0 nitrogen and oxygen atoms in total. The standard InChI is InChI=1S/C10H16/c1-2-3-4-7-10-8-5-6-9-10/h10H,4-9H2,1H3. The summed E-state index contributed by atoms with van der Waals surface area (Å²) < 4.78 is 0. The minimum absolute atomic E-state index is 1.01. The van der Waals surface area contributed by atoms with Gasteiger partial charge < -0.3 is 0 Å². The van der Waals surface area contributed by atoms with Crippen molar-refractivity contribution in [1.82, 2.24) is 0 Å². The van der Waals surface area contributed by atoms with Crippen LogP contribution >= 0.6 is 0 Å².